The first-order valence-corrected chi connectivity index (χ1v) is 11.5. The average molecular weight is 476 g/mol. The van der Waals surface area contributed by atoms with Crippen LogP contribution in [-0.2, 0) is 20.9 Å². The first-order chi connectivity index (χ1) is 15.3. The van der Waals surface area contributed by atoms with Gasteiger partial charge in [-0.25, -0.2) is 14.2 Å². The molecule has 1 aromatic carbocycles. The molecule has 0 fully saturated rings. The van der Waals surface area contributed by atoms with E-state index >= 15 is 0 Å². The van der Waals surface area contributed by atoms with Crippen LogP contribution in [0.2, 0.25) is 0 Å². The quantitative estimate of drug-likeness (QED) is 0.484. The number of esters is 1. The highest BCUT2D eigenvalue weighted by Gasteiger charge is 2.27. The van der Waals surface area contributed by atoms with Gasteiger partial charge in [0.15, 0.2) is 5.13 Å². The van der Waals surface area contributed by atoms with Gasteiger partial charge >= 0.3 is 5.97 Å². The number of nitrogens with zero attached hydrogens (tertiary/aromatic N) is 2. The largest absolute Gasteiger partial charge is 0.458 e. The highest BCUT2D eigenvalue weighted by atomic mass is 32.1. The van der Waals surface area contributed by atoms with Gasteiger partial charge in [-0.1, -0.05) is 32.0 Å². The molecule has 7 nitrogen and oxygen atoms in total. The van der Waals surface area contributed by atoms with Gasteiger partial charge < -0.3 is 10.1 Å². The number of thiazole rings is 1. The van der Waals surface area contributed by atoms with E-state index in [1.165, 1.54) is 41.4 Å². The summed E-state index contributed by atoms with van der Waals surface area (Å²) in [6.07, 6.45) is 0. The third-order valence-electron chi connectivity index (χ3n) is 4.45. The molecule has 2 heterocycles. The fraction of sp³-hybridized carbons (Fsp3) is 0.273. The van der Waals surface area contributed by atoms with Crippen LogP contribution in [0.3, 0.4) is 0 Å². The number of aromatic nitrogens is 1. The average Bonchev–Trinajstić information content (AvgIpc) is 3.44. The smallest absolute Gasteiger partial charge is 0.329 e. The second kappa shape index (κ2) is 10.5. The van der Waals surface area contributed by atoms with Crippen LogP contribution in [0, 0.1) is 11.7 Å². The summed E-state index contributed by atoms with van der Waals surface area (Å²) >= 11 is 2.41. The molecular formula is C22H22FN3O4S2. The Kier molecular flexibility index (Phi) is 7.70. The van der Waals surface area contributed by atoms with E-state index in [4.69, 9.17) is 4.74 Å². The maximum Gasteiger partial charge on any atom is 0.329 e. The van der Waals surface area contributed by atoms with Crippen LogP contribution in [0.4, 0.5) is 15.2 Å². The van der Waals surface area contributed by atoms with Crippen molar-refractivity contribution in [3.05, 3.63) is 63.5 Å². The van der Waals surface area contributed by atoms with Gasteiger partial charge in [0.2, 0.25) is 5.91 Å². The van der Waals surface area contributed by atoms with Gasteiger partial charge in [-0.3, -0.25) is 14.5 Å². The molecule has 0 aliphatic heterocycles. The van der Waals surface area contributed by atoms with Crippen LogP contribution in [0.5, 0.6) is 0 Å². The number of anilines is 2. The summed E-state index contributed by atoms with van der Waals surface area (Å²) < 4.78 is 19.6. The van der Waals surface area contributed by atoms with Crippen LogP contribution in [0.1, 0.15) is 36.1 Å². The first-order valence-electron chi connectivity index (χ1n) is 9.78. The molecule has 2 amide bonds. The predicted octanol–water partition coefficient (Wildman–Crippen LogP) is 4.53. The lowest BCUT2D eigenvalue weighted by atomic mass is 10.0. The van der Waals surface area contributed by atoms with Gasteiger partial charge in [0.1, 0.15) is 18.5 Å². The lowest BCUT2D eigenvalue weighted by Gasteiger charge is -2.20. The summed E-state index contributed by atoms with van der Waals surface area (Å²) in [5, 5.41) is 6.38. The lowest BCUT2D eigenvalue weighted by Crippen LogP contribution is -2.45. The molecule has 2 aromatic heterocycles. The maximum absolute atomic E-state index is 14.2. The van der Waals surface area contributed by atoms with Crippen LogP contribution in [-0.4, -0.2) is 28.8 Å². The zero-order valence-corrected chi connectivity index (χ0v) is 19.3. The second-order valence-electron chi connectivity index (χ2n) is 7.21. The monoisotopic (exact) mass is 475 g/mol. The molecule has 0 saturated heterocycles. The van der Waals surface area contributed by atoms with Crippen molar-refractivity contribution in [1.29, 1.82) is 0 Å². The van der Waals surface area contributed by atoms with Crippen LogP contribution < -0.4 is 10.2 Å². The minimum Gasteiger partial charge on any atom is -0.458 e. The zero-order chi connectivity index (χ0) is 23.3. The molecule has 10 heteroatoms. The van der Waals surface area contributed by atoms with E-state index in [2.05, 4.69) is 10.3 Å². The molecule has 3 aromatic rings. The summed E-state index contributed by atoms with van der Waals surface area (Å²) in [6, 6.07) is 8.52. The van der Waals surface area contributed by atoms with Gasteiger partial charge in [-0.15, -0.1) is 22.7 Å². The van der Waals surface area contributed by atoms with Crippen molar-refractivity contribution in [3.8, 4) is 0 Å². The Balaban J connectivity index is 1.67. The van der Waals surface area contributed by atoms with Crippen LogP contribution in [0.15, 0.2) is 47.2 Å². The molecule has 0 spiro atoms. The summed E-state index contributed by atoms with van der Waals surface area (Å²) in [6.45, 7) is 4.79. The Labute approximate surface area is 192 Å². The second-order valence-corrected chi connectivity index (χ2v) is 8.99. The molecule has 1 atom stereocenters. The SMILES string of the molecule is CC(=O)N(c1nc(COC(=O)C(NC(=O)c2cccs2)C(C)C)cs1)c1ccccc1F. The van der Waals surface area contributed by atoms with Crippen LogP contribution in [0.25, 0.3) is 0 Å². The molecule has 1 N–H and O–H groups in total. The number of carbonyl (C=O) groups is 3. The highest BCUT2D eigenvalue weighted by Crippen LogP contribution is 2.30. The summed E-state index contributed by atoms with van der Waals surface area (Å²) in [5.74, 6) is -2.06. The summed E-state index contributed by atoms with van der Waals surface area (Å²) in [7, 11) is 0. The number of halogens is 1. The third kappa shape index (κ3) is 5.57. The number of rotatable bonds is 8. The molecule has 3 rings (SSSR count). The fourth-order valence-corrected chi connectivity index (χ4v) is 4.35. The number of nitrogens with one attached hydrogen (secondary N) is 1. The molecule has 0 radical (unpaired) electrons. The molecule has 0 aliphatic rings. The molecule has 32 heavy (non-hydrogen) atoms. The number of hydrogen-bond donors (Lipinski definition) is 1. The van der Waals surface area contributed by atoms with Crippen molar-refractivity contribution in [2.45, 2.75) is 33.4 Å². The zero-order valence-electron chi connectivity index (χ0n) is 17.7. The Hall–Kier alpha value is -3.11. The van der Waals surface area contributed by atoms with Crippen LogP contribution >= 0.6 is 22.7 Å². The number of amides is 2. The van der Waals surface area contributed by atoms with E-state index in [0.29, 0.717) is 10.6 Å². The van der Waals surface area contributed by atoms with Gasteiger partial charge in [-0.05, 0) is 29.5 Å². The van der Waals surface area contributed by atoms with E-state index in [9.17, 15) is 18.8 Å². The molecule has 0 aliphatic carbocycles. The van der Waals surface area contributed by atoms with Crippen molar-refractivity contribution in [2.24, 2.45) is 5.92 Å². The van der Waals surface area contributed by atoms with Gasteiger partial charge in [0.05, 0.1) is 16.3 Å². The first kappa shape index (κ1) is 23.6. The minimum absolute atomic E-state index is 0.0917. The van der Waals surface area contributed by atoms with Crippen molar-refractivity contribution >= 4 is 51.3 Å². The topological polar surface area (TPSA) is 88.6 Å². The Morgan fingerprint density at radius 1 is 1.16 bits per heavy atom. The Morgan fingerprint density at radius 2 is 1.91 bits per heavy atom. The molecule has 168 valence electrons. The van der Waals surface area contributed by atoms with Gasteiger partial charge in [0.25, 0.3) is 5.91 Å². The van der Waals surface area contributed by atoms with Gasteiger partial charge in [-0.2, -0.15) is 0 Å². The fourth-order valence-electron chi connectivity index (χ4n) is 2.86. The van der Waals surface area contributed by atoms with E-state index in [1.807, 2.05) is 0 Å². The van der Waals surface area contributed by atoms with E-state index < -0.39 is 23.7 Å². The summed E-state index contributed by atoms with van der Waals surface area (Å²) in [4.78, 5) is 43.1. The number of hydrogen-bond acceptors (Lipinski definition) is 7. The van der Waals surface area contributed by atoms with Crippen molar-refractivity contribution in [1.82, 2.24) is 10.3 Å². The predicted molar refractivity (Wildman–Crippen MR) is 122 cm³/mol. The third-order valence-corrected chi connectivity index (χ3v) is 6.20. The van der Waals surface area contributed by atoms with E-state index in [1.54, 1.807) is 42.8 Å². The number of carbonyl (C=O) groups excluding carboxylic acids is 3. The van der Waals surface area contributed by atoms with Crippen molar-refractivity contribution < 1.29 is 23.5 Å². The van der Waals surface area contributed by atoms with E-state index in [0.717, 1.165) is 11.3 Å². The normalized spacial score (nSPS) is 11.8. The highest BCUT2D eigenvalue weighted by molar-refractivity contribution is 7.14. The molecular weight excluding hydrogens is 453 g/mol. The number of benzene rings is 1. The molecule has 0 bridgehead atoms. The van der Waals surface area contributed by atoms with Gasteiger partial charge in [0, 0.05) is 12.3 Å². The Bertz CT molecular complexity index is 1100. The maximum atomic E-state index is 14.2. The molecule has 0 saturated carbocycles. The Morgan fingerprint density at radius 3 is 2.53 bits per heavy atom. The standard InChI is InChI=1S/C22H22FN3O4S2/c1-13(2)19(25-20(28)18-9-6-10-31-18)21(29)30-11-15-12-32-22(24-15)26(14(3)27)17-8-5-4-7-16(17)23/h4-10,12-13,19H,11H2,1-3H3,(H,25,28). The number of ether oxygens (including phenoxy) is 1. The minimum atomic E-state index is -0.824. The van der Waals surface area contributed by atoms with Crippen molar-refractivity contribution in [2.75, 3.05) is 4.90 Å². The number of para-hydroxylation sites is 1. The van der Waals surface area contributed by atoms with E-state index in [-0.39, 0.29) is 29.3 Å². The molecule has 1 unspecified atom stereocenters. The van der Waals surface area contributed by atoms with Crippen molar-refractivity contribution in [3.63, 3.8) is 0 Å². The summed E-state index contributed by atoms with van der Waals surface area (Å²) in [5.41, 5.74) is 0.502. The lowest BCUT2D eigenvalue weighted by molar-refractivity contribution is -0.148. The number of thiophene rings is 1.